The fourth-order valence-corrected chi connectivity index (χ4v) is 2.08. The fraction of sp³-hybridized carbons (Fsp3) is 0.667. The van der Waals surface area contributed by atoms with Gasteiger partial charge in [-0.05, 0) is 12.3 Å². The van der Waals surface area contributed by atoms with Crippen molar-refractivity contribution in [2.24, 2.45) is 5.92 Å². The Morgan fingerprint density at radius 2 is 2.55 bits per heavy atom. The first-order valence-electron chi connectivity index (χ1n) is 4.34. The highest BCUT2D eigenvalue weighted by Crippen LogP contribution is 2.33. The van der Waals surface area contributed by atoms with Gasteiger partial charge in [0, 0.05) is 24.9 Å². The highest BCUT2D eigenvalue weighted by atomic mass is 15.1. The SMILES string of the molecule is CC[C@H]1c2nccn2C[C@H]1C. The zero-order chi connectivity index (χ0) is 7.84. The third kappa shape index (κ3) is 0.889. The van der Waals surface area contributed by atoms with Crippen LogP contribution in [-0.2, 0) is 6.54 Å². The summed E-state index contributed by atoms with van der Waals surface area (Å²) >= 11 is 0. The van der Waals surface area contributed by atoms with Crippen molar-refractivity contribution >= 4 is 0 Å². The first-order chi connectivity index (χ1) is 5.33. The molecule has 2 heteroatoms. The zero-order valence-electron chi connectivity index (χ0n) is 7.12. The lowest BCUT2D eigenvalue weighted by molar-refractivity contribution is 0.463. The Bertz CT molecular complexity index is 252. The lowest BCUT2D eigenvalue weighted by atomic mass is 9.94. The summed E-state index contributed by atoms with van der Waals surface area (Å²) in [6.07, 6.45) is 5.21. The van der Waals surface area contributed by atoms with Crippen LogP contribution in [0.4, 0.5) is 0 Å². The number of imidazole rings is 1. The summed E-state index contributed by atoms with van der Waals surface area (Å²) in [6.45, 7) is 5.71. The maximum Gasteiger partial charge on any atom is 0.112 e. The molecule has 0 spiro atoms. The number of fused-ring (bicyclic) bond motifs is 1. The van der Waals surface area contributed by atoms with E-state index in [0.29, 0.717) is 5.92 Å². The molecule has 1 aromatic heterocycles. The molecule has 1 aromatic rings. The van der Waals surface area contributed by atoms with E-state index in [0.717, 1.165) is 12.5 Å². The molecule has 0 N–H and O–H groups in total. The van der Waals surface area contributed by atoms with Gasteiger partial charge in [0.25, 0.3) is 0 Å². The predicted molar refractivity (Wildman–Crippen MR) is 44.4 cm³/mol. The standard InChI is InChI=1S/C9H14N2/c1-3-8-7(2)6-11-5-4-10-9(8)11/h4-5,7-8H,3,6H2,1-2H3/t7-,8-/m1/s1. The van der Waals surface area contributed by atoms with E-state index >= 15 is 0 Å². The predicted octanol–water partition coefficient (Wildman–Crippen LogP) is 2.03. The molecule has 2 nitrogen and oxygen atoms in total. The smallest absolute Gasteiger partial charge is 0.112 e. The molecule has 1 aliphatic heterocycles. The molecule has 0 saturated heterocycles. The van der Waals surface area contributed by atoms with Gasteiger partial charge in [0.15, 0.2) is 0 Å². The van der Waals surface area contributed by atoms with Gasteiger partial charge in [0.05, 0.1) is 0 Å². The van der Waals surface area contributed by atoms with Crippen LogP contribution in [0.2, 0.25) is 0 Å². The van der Waals surface area contributed by atoms with Crippen LogP contribution in [0.25, 0.3) is 0 Å². The Hall–Kier alpha value is -0.790. The minimum absolute atomic E-state index is 0.699. The van der Waals surface area contributed by atoms with Crippen molar-refractivity contribution in [3.8, 4) is 0 Å². The molecule has 0 aliphatic carbocycles. The van der Waals surface area contributed by atoms with Crippen molar-refractivity contribution in [2.45, 2.75) is 32.7 Å². The third-order valence-electron chi connectivity index (χ3n) is 2.69. The molecule has 11 heavy (non-hydrogen) atoms. The zero-order valence-corrected chi connectivity index (χ0v) is 7.12. The summed E-state index contributed by atoms with van der Waals surface area (Å²) < 4.78 is 2.28. The molecule has 2 atom stereocenters. The van der Waals surface area contributed by atoms with Crippen LogP contribution in [-0.4, -0.2) is 9.55 Å². The minimum atomic E-state index is 0.699. The number of hydrogen-bond donors (Lipinski definition) is 0. The molecule has 0 amide bonds. The molecular weight excluding hydrogens is 136 g/mol. The summed E-state index contributed by atoms with van der Waals surface area (Å²) in [5.74, 6) is 2.77. The molecule has 0 unspecified atom stereocenters. The summed E-state index contributed by atoms with van der Waals surface area (Å²) in [4.78, 5) is 4.36. The molecule has 0 fully saturated rings. The molecule has 2 rings (SSSR count). The van der Waals surface area contributed by atoms with E-state index in [1.807, 2.05) is 6.20 Å². The van der Waals surface area contributed by atoms with Crippen LogP contribution in [0.5, 0.6) is 0 Å². The van der Waals surface area contributed by atoms with E-state index in [2.05, 4.69) is 29.6 Å². The van der Waals surface area contributed by atoms with Crippen LogP contribution in [0, 0.1) is 5.92 Å². The Labute approximate surface area is 67.3 Å². The van der Waals surface area contributed by atoms with Gasteiger partial charge in [-0.2, -0.15) is 0 Å². The minimum Gasteiger partial charge on any atom is -0.334 e. The fourth-order valence-electron chi connectivity index (χ4n) is 2.08. The molecule has 2 heterocycles. The normalized spacial score (nSPS) is 28.9. The van der Waals surface area contributed by atoms with Crippen LogP contribution in [0.1, 0.15) is 32.0 Å². The molecule has 1 aliphatic rings. The summed E-state index contributed by atoms with van der Waals surface area (Å²) in [5, 5.41) is 0. The highest BCUT2D eigenvalue weighted by molar-refractivity contribution is 5.07. The number of nitrogens with zero attached hydrogens (tertiary/aromatic N) is 2. The molecular formula is C9H14N2. The summed E-state index contributed by atoms with van der Waals surface area (Å²) in [7, 11) is 0. The van der Waals surface area contributed by atoms with Crippen molar-refractivity contribution in [1.29, 1.82) is 0 Å². The van der Waals surface area contributed by atoms with Crippen molar-refractivity contribution in [1.82, 2.24) is 9.55 Å². The number of hydrogen-bond acceptors (Lipinski definition) is 1. The van der Waals surface area contributed by atoms with E-state index < -0.39 is 0 Å². The topological polar surface area (TPSA) is 17.8 Å². The van der Waals surface area contributed by atoms with E-state index in [4.69, 9.17) is 0 Å². The maximum absolute atomic E-state index is 4.36. The summed E-state index contributed by atoms with van der Waals surface area (Å²) in [6, 6.07) is 0. The van der Waals surface area contributed by atoms with Gasteiger partial charge in [-0.1, -0.05) is 13.8 Å². The van der Waals surface area contributed by atoms with Crippen molar-refractivity contribution in [3.05, 3.63) is 18.2 Å². The lowest BCUT2D eigenvalue weighted by Crippen LogP contribution is -2.02. The van der Waals surface area contributed by atoms with Crippen LogP contribution in [0.3, 0.4) is 0 Å². The quantitative estimate of drug-likeness (QED) is 0.599. The number of rotatable bonds is 1. The largest absolute Gasteiger partial charge is 0.334 e. The Balaban J connectivity index is 2.35. The van der Waals surface area contributed by atoms with E-state index in [9.17, 15) is 0 Å². The van der Waals surface area contributed by atoms with Crippen molar-refractivity contribution in [2.75, 3.05) is 0 Å². The number of aromatic nitrogens is 2. The van der Waals surface area contributed by atoms with Gasteiger partial charge in [-0.15, -0.1) is 0 Å². The maximum atomic E-state index is 4.36. The van der Waals surface area contributed by atoms with E-state index in [1.54, 1.807) is 0 Å². The van der Waals surface area contributed by atoms with Crippen molar-refractivity contribution in [3.63, 3.8) is 0 Å². The van der Waals surface area contributed by atoms with E-state index in [-0.39, 0.29) is 0 Å². The second-order valence-corrected chi connectivity index (χ2v) is 3.43. The lowest BCUT2D eigenvalue weighted by Gasteiger charge is -2.09. The van der Waals surface area contributed by atoms with Crippen LogP contribution < -0.4 is 0 Å². The average Bonchev–Trinajstić information content (AvgIpc) is 2.46. The second-order valence-electron chi connectivity index (χ2n) is 3.43. The monoisotopic (exact) mass is 150 g/mol. The second kappa shape index (κ2) is 2.36. The van der Waals surface area contributed by atoms with Crippen LogP contribution >= 0.6 is 0 Å². The first-order valence-corrected chi connectivity index (χ1v) is 4.34. The Morgan fingerprint density at radius 1 is 1.73 bits per heavy atom. The first kappa shape index (κ1) is 6.89. The third-order valence-corrected chi connectivity index (χ3v) is 2.69. The molecule has 0 radical (unpaired) electrons. The van der Waals surface area contributed by atoms with Gasteiger partial charge in [-0.3, -0.25) is 0 Å². The van der Waals surface area contributed by atoms with E-state index in [1.165, 1.54) is 12.2 Å². The van der Waals surface area contributed by atoms with Gasteiger partial charge in [0.1, 0.15) is 5.82 Å². The summed E-state index contributed by atoms with van der Waals surface area (Å²) in [5.41, 5.74) is 0. The van der Waals surface area contributed by atoms with Crippen LogP contribution in [0.15, 0.2) is 12.4 Å². The molecule has 0 aromatic carbocycles. The highest BCUT2D eigenvalue weighted by Gasteiger charge is 2.28. The molecule has 0 bridgehead atoms. The van der Waals surface area contributed by atoms with Gasteiger partial charge >= 0.3 is 0 Å². The van der Waals surface area contributed by atoms with Gasteiger partial charge in [-0.25, -0.2) is 4.98 Å². The Kier molecular flexibility index (Phi) is 1.48. The Morgan fingerprint density at radius 3 is 3.27 bits per heavy atom. The van der Waals surface area contributed by atoms with Gasteiger partial charge < -0.3 is 4.57 Å². The van der Waals surface area contributed by atoms with Gasteiger partial charge in [0.2, 0.25) is 0 Å². The average molecular weight is 150 g/mol. The molecule has 60 valence electrons. The van der Waals surface area contributed by atoms with Crippen molar-refractivity contribution < 1.29 is 0 Å². The molecule has 0 saturated carbocycles.